The molecule has 3 rings (SSSR count). The van der Waals surface area contributed by atoms with Crippen molar-refractivity contribution in [1.82, 2.24) is 15.8 Å². The maximum absolute atomic E-state index is 11.9. The third kappa shape index (κ3) is 3.07. The van der Waals surface area contributed by atoms with Gasteiger partial charge in [-0.05, 0) is 25.8 Å². The van der Waals surface area contributed by atoms with E-state index in [4.69, 9.17) is 4.52 Å². The number of amides is 2. The third-order valence-corrected chi connectivity index (χ3v) is 3.94. The molecule has 1 aliphatic rings. The Morgan fingerprint density at radius 2 is 2.10 bits per heavy atom. The van der Waals surface area contributed by atoms with Crippen molar-refractivity contribution in [3.05, 3.63) is 52.9 Å². The number of rotatable bonds is 4. The Hall–Kier alpha value is -2.30. The highest BCUT2D eigenvalue weighted by atomic mass is 16.5. The average molecular weight is 285 g/mol. The molecule has 2 amide bonds. The lowest BCUT2D eigenvalue weighted by Gasteiger charge is -2.07. The minimum absolute atomic E-state index is 0.140. The van der Waals surface area contributed by atoms with Crippen LogP contribution in [0.3, 0.4) is 0 Å². The molecule has 2 atom stereocenters. The third-order valence-electron chi connectivity index (χ3n) is 3.94. The van der Waals surface area contributed by atoms with Crippen LogP contribution in [0, 0.1) is 13.8 Å². The molecule has 110 valence electrons. The van der Waals surface area contributed by atoms with E-state index in [1.807, 2.05) is 32.0 Å². The number of hydrogen-bond donors (Lipinski definition) is 2. The minimum atomic E-state index is -0.140. The van der Waals surface area contributed by atoms with Crippen LogP contribution in [-0.4, -0.2) is 17.2 Å². The molecular weight excluding hydrogens is 266 g/mol. The van der Waals surface area contributed by atoms with E-state index < -0.39 is 0 Å². The van der Waals surface area contributed by atoms with Gasteiger partial charge >= 0.3 is 6.03 Å². The fourth-order valence-corrected chi connectivity index (χ4v) is 2.57. The van der Waals surface area contributed by atoms with Crippen molar-refractivity contribution >= 4 is 6.03 Å². The Balaban J connectivity index is 1.48. The fourth-order valence-electron chi connectivity index (χ4n) is 2.57. The number of aryl methyl sites for hydroxylation is 2. The molecule has 2 N–H and O–H groups in total. The highest BCUT2D eigenvalue weighted by molar-refractivity contribution is 5.75. The SMILES string of the molecule is Cc1noc(C)c1CNC(=O)N[C@H]1C[C@H]1c1ccccc1. The zero-order valence-electron chi connectivity index (χ0n) is 12.2. The van der Waals surface area contributed by atoms with E-state index in [0.29, 0.717) is 12.5 Å². The van der Waals surface area contributed by atoms with Crippen LogP contribution in [0.1, 0.15) is 34.9 Å². The first-order valence-corrected chi connectivity index (χ1v) is 7.16. The predicted molar refractivity (Wildman–Crippen MR) is 78.9 cm³/mol. The standard InChI is InChI=1S/C16H19N3O2/c1-10-14(11(2)21-19-10)9-17-16(20)18-15-8-13(15)12-6-4-3-5-7-12/h3-7,13,15H,8-9H2,1-2H3,(H2,17,18,20)/t13-,15-/m0/s1. The Bertz CT molecular complexity index is 617. The molecule has 1 heterocycles. The van der Waals surface area contributed by atoms with Crippen LogP contribution in [0.4, 0.5) is 4.79 Å². The second-order valence-electron chi connectivity index (χ2n) is 5.49. The van der Waals surface area contributed by atoms with E-state index in [0.717, 1.165) is 23.4 Å². The maximum atomic E-state index is 11.9. The second-order valence-corrected chi connectivity index (χ2v) is 5.49. The first-order valence-electron chi connectivity index (χ1n) is 7.16. The smallest absolute Gasteiger partial charge is 0.315 e. The highest BCUT2D eigenvalue weighted by Crippen LogP contribution is 2.40. The molecule has 1 aromatic carbocycles. The monoisotopic (exact) mass is 285 g/mol. The normalized spacial score (nSPS) is 20.1. The summed E-state index contributed by atoms with van der Waals surface area (Å²) < 4.78 is 5.07. The van der Waals surface area contributed by atoms with Crippen LogP contribution in [0.15, 0.2) is 34.9 Å². The largest absolute Gasteiger partial charge is 0.361 e. The molecule has 1 fully saturated rings. The molecule has 0 aliphatic heterocycles. The molecular formula is C16H19N3O2. The summed E-state index contributed by atoms with van der Waals surface area (Å²) in [5, 5.41) is 9.74. The summed E-state index contributed by atoms with van der Waals surface area (Å²) in [6.07, 6.45) is 1.00. The van der Waals surface area contributed by atoms with Gasteiger partial charge in [-0.25, -0.2) is 4.79 Å². The molecule has 1 aliphatic carbocycles. The van der Waals surface area contributed by atoms with E-state index >= 15 is 0 Å². The van der Waals surface area contributed by atoms with Crippen LogP contribution >= 0.6 is 0 Å². The van der Waals surface area contributed by atoms with Gasteiger partial charge in [-0.2, -0.15) is 0 Å². The number of urea groups is 1. The molecule has 0 spiro atoms. The van der Waals surface area contributed by atoms with Gasteiger partial charge in [-0.3, -0.25) is 0 Å². The van der Waals surface area contributed by atoms with Crippen LogP contribution < -0.4 is 10.6 Å². The molecule has 1 aromatic heterocycles. The first-order chi connectivity index (χ1) is 10.1. The van der Waals surface area contributed by atoms with Crippen molar-refractivity contribution < 1.29 is 9.32 Å². The number of aromatic nitrogens is 1. The number of carbonyl (C=O) groups is 1. The van der Waals surface area contributed by atoms with E-state index in [2.05, 4.69) is 27.9 Å². The van der Waals surface area contributed by atoms with Crippen molar-refractivity contribution in [1.29, 1.82) is 0 Å². The summed E-state index contributed by atoms with van der Waals surface area (Å²) in [6.45, 7) is 4.16. The second kappa shape index (κ2) is 5.60. The summed E-state index contributed by atoms with van der Waals surface area (Å²) in [7, 11) is 0. The lowest BCUT2D eigenvalue weighted by Crippen LogP contribution is -2.37. The zero-order valence-corrected chi connectivity index (χ0v) is 12.2. The summed E-state index contributed by atoms with van der Waals surface area (Å²) in [6, 6.07) is 10.4. The van der Waals surface area contributed by atoms with Gasteiger partial charge in [-0.15, -0.1) is 0 Å². The van der Waals surface area contributed by atoms with E-state index in [1.165, 1.54) is 5.56 Å². The summed E-state index contributed by atoms with van der Waals surface area (Å²) in [5.41, 5.74) is 3.05. The van der Waals surface area contributed by atoms with E-state index in [-0.39, 0.29) is 12.1 Å². The van der Waals surface area contributed by atoms with Gasteiger partial charge in [0.1, 0.15) is 5.76 Å². The summed E-state index contributed by atoms with van der Waals surface area (Å²) >= 11 is 0. The quantitative estimate of drug-likeness (QED) is 0.907. The molecule has 5 heteroatoms. The summed E-state index contributed by atoms with van der Waals surface area (Å²) in [5.74, 6) is 1.19. The molecule has 0 radical (unpaired) electrons. The molecule has 5 nitrogen and oxygen atoms in total. The van der Waals surface area contributed by atoms with Gasteiger partial charge in [0.15, 0.2) is 0 Å². The van der Waals surface area contributed by atoms with E-state index in [9.17, 15) is 4.79 Å². The van der Waals surface area contributed by atoms with Gasteiger partial charge in [0, 0.05) is 24.1 Å². The van der Waals surface area contributed by atoms with Gasteiger partial charge < -0.3 is 15.2 Å². The zero-order chi connectivity index (χ0) is 14.8. The number of carbonyl (C=O) groups excluding carboxylic acids is 1. The van der Waals surface area contributed by atoms with Crippen LogP contribution in [0.25, 0.3) is 0 Å². The van der Waals surface area contributed by atoms with Crippen LogP contribution in [0.5, 0.6) is 0 Å². The molecule has 21 heavy (non-hydrogen) atoms. The van der Waals surface area contributed by atoms with Crippen LogP contribution in [-0.2, 0) is 6.54 Å². The molecule has 0 bridgehead atoms. The van der Waals surface area contributed by atoms with E-state index in [1.54, 1.807) is 0 Å². The molecule has 2 aromatic rings. The van der Waals surface area contributed by atoms with Gasteiger partial charge in [0.2, 0.25) is 0 Å². The van der Waals surface area contributed by atoms with Crippen LogP contribution in [0.2, 0.25) is 0 Å². The average Bonchev–Trinajstić information content (AvgIpc) is 3.17. The Morgan fingerprint density at radius 1 is 1.33 bits per heavy atom. The fraction of sp³-hybridized carbons (Fsp3) is 0.375. The van der Waals surface area contributed by atoms with Gasteiger partial charge in [-0.1, -0.05) is 35.5 Å². The van der Waals surface area contributed by atoms with Gasteiger partial charge in [0.05, 0.1) is 5.69 Å². The minimum Gasteiger partial charge on any atom is -0.361 e. The Kier molecular flexibility index (Phi) is 3.64. The Morgan fingerprint density at radius 3 is 2.76 bits per heavy atom. The van der Waals surface area contributed by atoms with Crippen molar-refractivity contribution in [3.8, 4) is 0 Å². The molecule has 0 unspecified atom stereocenters. The van der Waals surface area contributed by atoms with Crippen molar-refractivity contribution in [2.75, 3.05) is 0 Å². The number of hydrogen-bond acceptors (Lipinski definition) is 3. The number of nitrogens with zero attached hydrogens (tertiary/aromatic N) is 1. The van der Waals surface area contributed by atoms with Gasteiger partial charge in [0.25, 0.3) is 0 Å². The van der Waals surface area contributed by atoms with Crippen molar-refractivity contribution in [2.24, 2.45) is 0 Å². The first kappa shape index (κ1) is 13.7. The lowest BCUT2D eigenvalue weighted by molar-refractivity contribution is 0.240. The predicted octanol–water partition coefficient (Wildman–Crippen LogP) is 2.65. The topological polar surface area (TPSA) is 67.2 Å². The molecule has 0 saturated heterocycles. The Labute approximate surface area is 123 Å². The summed E-state index contributed by atoms with van der Waals surface area (Å²) in [4.78, 5) is 11.9. The number of benzene rings is 1. The molecule has 1 saturated carbocycles. The van der Waals surface area contributed by atoms with Crippen molar-refractivity contribution in [3.63, 3.8) is 0 Å². The maximum Gasteiger partial charge on any atom is 0.315 e. The van der Waals surface area contributed by atoms with Crippen molar-refractivity contribution in [2.45, 2.75) is 38.8 Å². The highest BCUT2D eigenvalue weighted by Gasteiger charge is 2.39. The lowest BCUT2D eigenvalue weighted by atomic mass is 10.1. The number of nitrogens with one attached hydrogen (secondary N) is 2.